The van der Waals surface area contributed by atoms with E-state index in [0.717, 1.165) is 0 Å². The van der Waals surface area contributed by atoms with Crippen molar-refractivity contribution in [2.45, 2.75) is 24.9 Å². The van der Waals surface area contributed by atoms with E-state index in [0.29, 0.717) is 12.0 Å². The van der Waals surface area contributed by atoms with E-state index < -0.39 is 17.6 Å². The molecule has 104 valence electrons. The molecule has 4 nitrogen and oxygen atoms in total. The summed E-state index contributed by atoms with van der Waals surface area (Å²) in [5.74, 6) is -0.960. The molecule has 0 aliphatic carbocycles. The van der Waals surface area contributed by atoms with Crippen molar-refractivity contribution in [1.82, 2.24) is 5.32 Å². The van der Waals surface area contributed by atoms with Crippen LogP contribution in [0.25, 0.3) is 0 Å². The average Bonchev–Trinajstić information content (AvgIpc) is 2.77. The summed E-state index contributed by atoms with van der Waals surface area (Å²) in [6, 6.07) is 6.00. The number of carbonyl (C=O) groups excluding carboxylic acids is 1. The number of benzene rings is 1. The van der Waals surface area contributed by atoms with Crippen LogP contribution in [0.1, 0.15) is 24.9 Å². The quantitative estimate of drug-likeness (QED) is 0.813. The Kier molecular flexibility index (Phi) is 3.87. The summed E-state index contributed by atoms with van der Waals surface area (Å²) in [7, 11) is 1.32. The Bertz CT molecular complexity index is 480. The van der Waals surface area contributed by atoms with Crippen molar-refractivity contribution in [3.63, 3.8) is 0 Å². The monoisotopic (exact) mass is 267 g/mol. The van der Waals surface area contributed by atoms with Crippen molar-refractivity contribution in [2.75, 3.05) is 13.7 Å². The van der Waals surface area contributed by atoms with Crippen molar-refractivity contribution in [3.8, 4) is 0 Å². The molecule has 0 saturated carbocycles. The Hall–Kier alpha value is -1.46. The van der Waals surface area contributed by atoms with Crippen LogP contribution in [-0.2, 0) is 9.53 Å². The molecule has 1 saturated heterocycles. The van der Waals surface area contributed by atoms with E-state index in [9.17, 15) is 14.3 Å². The number of aliphatic hydroxyl groups excluding tert-OH is 1. The number of carbonyl (C=O) groups is 1. The fraction of sp³-hybridized carbons (Fsp3) is 0.500. The van der Waals surface area contributed by atoms with Crippen molar-refractivity contribution >= 4 is 5.97 Å². The number of halogens is 1. The number of hydrogen-bond donors (Lipinski definition) is 2. The van der Waals surface area contributed by atoms with Crippen molar-refractivity contribution in [2.24, 2.45) is 5.92 Å². The molecule has 2 rings (SSSR count). The number of aliphatic hydroxyl groups is 1. The lowest BCUT2D eigenvalue weighted by Gasteiger charge is -2.23. The lowest BCUT2D eigenvalue weighted by atomic mass is 9.90. The van der Waals surface area contributed by atoms with Crippen LogP contribution in [0.3, 0.4) is 0 Å². The summed E-state index contributed by atoms with van der Waals surface area (Å²) in [6.45, 7) is 1.60. The zero-order valence-electron chi connectivity index (χ0n) is 11.0. The van der Waals surface area contributed by atoms with Gasteiger partial charge in [0.2, 0.25) is 0 Å². The molecule has 1 aromatic carbocycles. The van der Waals surface area contributed by atoms with Gasteiger partial charge in [0.15, 0.2) is 0 Å². The second-order valence-electron chi connectivity index (χ2n) is 5.11. The lowest BCUT2D eigenvalue weighted by Crippen LogP contribution is -2.46. The van der Waals surface area contributed by atoms with Crippen LogP contribution in [0.4, 0.5) is 4.39 Å². The summed E-state index contributed by atoms with van der Waals surface area (Å²) >= 11 is 0. The van der Waals surface area contributed by atoms with Gasteiger partial charge in [-0.15, -0.1) is 0 Å². The highest BCUT2D eigenvalue weighted by molar-refractivity contribution is 5.80. The molecule has 0 amide bonds. The number of nitrogens with one attached hydrogen (secondary N) is 1. The SMILES string of the molecule is COC(=O)C1(C)CC(CO)C(c2ccccc2F)N1. The first-order valence-corrected chi connectivity index (χ1v) is 6.23. The van der Waals surface area contributed by atoms with Gasteiger partial charge < -0.3 is 9.84 Å². The zero-order chi connectivity index (χ0) is 14.0. The van der Waals surface area contributed by atoms with Gasteiger partial charge in [0.1, 0.15) is 11.4 Å². The van der Waals surface area contributed by atoms with Crippen molar-refractivity contribution in [3.05, 3.63) is 35.6 Å². The van der Waals surface area contributed by atoms with Gasteiger partial charge >= 0.3 is 5.97 Å². The third-order valence-corrected chi connectivity index (χ3v) is 3.73. The van der Waals surface area contributed by atoms with Crippen molar-refractivity contribution in [1.29, 1.82) is 0 Å². The molecule has 2 N–H and O–H groups in total. The minimum atomic E-state index is -0.894. The van der Waals surface area contributed by atoms with E-state index in [1.165, 1.54) is 13.2 Å². The predicted molar refractivity (Wildman–Crippen MR) is 67.9 cm³/mol. The predicted octanol–water partition coefficient (Wildman–Crippen LogP) is 1.40. The fourth-order valence-electron chi connectivity index (χ4n) is 2.76. The van der Waals surface area contributed by atoms with Gasteiger partial charge in [0.25, 0.3) is 0 Å². The molecule has 1 fully saturated rings. The molecule has 5 heteroatoms. The van der Waals surface area contributed by atoms with Crippen LogP contribution in [0.2, 0.25) is 0 Å². The summed E-state index contributed by atoms with van der Waals surface area (Å²) in [5, 5.41) is 12.6. The van der Waals surface area contributed by atoms with Crippen LogP contribution >= 0.6 is 0 Å². The highest BCUT2D eigenvalue weighted by atomic mass is 19.1. The van der Waals surface area contributed by atoms with Crippen LogP contribution in [-0.4, -0.2) is 30.3 Å². The minimum Gasteiger partial charge on any atom is -0.468 e. The Labute approximate surface area is 111 Å². The smallest absolute Gasteiger partial charge is 0.325 e. The standard InChI is InChI=1S/C14H18FNO3/c1-14(13(18)19-2)7-9(8-17)12(16-14)10-5-3-4-6-11(10)15/h3-6,9,12,16-17H,7-8H2,1-2H3. The summed E-state index contributed by atoms with van der Waals surface area (Å²) in [5.41, 5.74) is -0.427. The van der Waals surface area contributed by atoms with E-state index in [1.807, 2.05) is 0 Å². The van der Waals surface area contributed by atoms with E-state index >= 15 is 0 Å². The molecule has 3 unspecified atom stereocenters. The first kappa shape index (κ1) is 14.0. The second-order valence-corrected chi connectivity index (χ2v) is 5.11. The van der Waals surface area contributed by atoms with Crippen molar-refractivity contribution < 1.29 is 19.0 Å². The summed E-state index contributed by atoms with van der Waals surface area (Å²) < 4.78 is 18.6. The Balaban J connectivity index is 2.31. The van der Waals surface area contributed by atoms with E-state index in [4.69, 9.17) is 4.74 Å². The van der Waals surface area contributed by atoms with E-state index in [1.54, 1.807) is 25.1 Å². The molecule has 0 radical (unpaired) electrons. The molecule has 1 heterocycles. The van der Waals surface area contributed by atoms with Gasteiger partial charge in [0, 0.05) is 24.1 Å². The van der Waals surface area contributed by atoms with Crippen LogP contribution < -0.4 is 5.32 Å². The highest BCUT2D eigenvalue weighted by Crippen LogP contribution is 2.39. The Morgan fingerprint density at radius 3 is 2.84 bits per heavy atom. The maximum absolute atomic E-state index is 13.8. The lowest BCUT2D eigenvalue weighted by molar-refractivity contribution is -0.147. The van der Waals surface area contributed by atoms with Gasteiger partial charge in [0.05, 0.1) is 7.11 Å². The van der Waals surface area contributed by atoms with Gasteiger partial charge in [-0.1, -0.05) is 18.2 Å². The number of rotatable bonds is 3. The number of esters is 1. The molecule has 1 aromatic rings. The van der Waals surface area contributed by atoms with Crippen LogP contribution in [0.5, 0.6) is 0 Å². The molecule has 0 spiro atoms. The van der Waals surface area contributed by atoms with Crippen LogP contribution in [0.15, 0.2) is 24.3 Å². The van der Waals surface area contributed by atoms with Gasteiger partial charge in [-0.2, -0.15) is 0 Å². The maximum Gasteiger partial charge on any atom is 0.325 e. The largest absolute Gasteiger partial charge is 0.468 e. The summed E-state index contributed by atoms with van der Waals surface area (Å²) in [6.07, 6.45) is 0.412. The summed E-state index contributed by atoms with van der Waals surface area (Å²) in [4.78, 5) is 11.8. The van der Waals surface area contributed by atoms with Gasteiger partial charge in [-0.3, -0.25) is 10.1 Å². The molecular weight excluding hydrogens is 249 g/mol. The second kappa shape index (κ2) is 5.27. The van der Waals surface area contributed by atoms with E-state index in [-0.39, 0.29) is 18.3 Å². The fourth-order valence-corrected chi connectivity index (χ4v) is 2.76. The van der Waals surface area contributed by atoms with Gasteiger partial charge in [-0.05, 0) is 19.4 Å². The minimum absolute atomic E-state index is 0.113. The third kappa shape index (κ3) is 2.48. The normalized spacial score (nSPS) is 30.3. The number of methoxy groups -OCH3 is 1. The molecule has 1 aliphatic rings. The van der Waals surface area contributed by atoms with Crippen LogP contribution in [0, 0.1) is 11.7 Å². The average molecular weight is 267 g/mol. The zero-order valence-corrected chi connectivity index (χ0v) is 11.0. The number of hydrogen-bond acceptors (Lipinski definition) is 4. The number of ether oxygens (including phenoxy) is 1. The highest BCUT2D eigenvalue weighted by Gasteiger charge is 2.48. The van der Waals surface area contributed by atoms with Gasteiger partial charge in [-0.25, -0.2) is 4.39 Å². The molecular formula is C14H18FNO3. The Morgan fingerprint density at radius 1 is 1.58 bits per heavy atom. The molecule has 3 atom stereocenters. The molecule has 0 aromatic heterocycles. The first-order chi connectivity index (χ1) is 9.01. The Morgan fingerprint density at radius 2 is 2.26 bits per heavy atom. The topological polar surface area (TPSA) is 58.6 Å². The molecule has 1 aliphatic heterocycles. The first-order valence-electron chi connectivity index (χ1n) is 6.23. The maximum atomic E-state index is 13.8. The molecule has 0 bridgehead atoms. The van der Waals surface area contributed by atoms with E-state index in [2.05, 4.69) is 5.32 Å². The third-order valence-electron chi connectivity index (χ3n) is 3.73. The molecule has 19 heavy (non-hydrogen) atoms.